The van der Waals surface area contributed by atoms with Gasteiger partial charge < -0.3 is 10.1 Å². The number of amides is 1. The molecule has 4 nitrogen and oxygen atoms in total. The van der Waals surface area contributed by atoms with E-state index >= 15 is 0 Å². The van der Waals surface area contributed by atoms with E-state index < -0.39 is 0 Å². The van der Waals surface area contributed by atoms with Crippen LogP contribution in [0.3, 0.4) is 0 Å². The zero-order chi connectivity index (χ0) is 19.9. The molecule has 0 saturated heterocycles. The number of hydrogen-bond acceptors (Lipinski definition) is 4. The molecule has 0 atom stereocenters. The first-order chi connectivity index (χ1) is 13.5. The zero-order valence-corrected chi connectivity index (χ0v) is 17.2. The van der Waals surface area contributed by atoms with Crippen LogP contribution in [0, 0.1) is 13.8 Å². The number of para-hydroxylation sites is 1. The summed E-state index contributed by atoms with van der Waals surface area (Å²) >= 11 is 1.62. The van der Waals surface area contributed by atoms with Gasteiger partial charge in [0.25, 0.3) is 0 Å². The van der Waals surface area contributed by atoms with E-state index in [0.717, 1.165) is 45.2 Å². The summed E-state index contributed by atoms with van der Waals surface area (Å²) in [7, 11) is 0. The molecular formula is C23H24N2O2S. The van der Waals surface area contributed by atoms with Crippen LogP contribution < -0.4 is 10.1 Å². The zero-order valence-electron chi connectivity index (χ0n) is 16.4. The summed E-state index contributed by atoms with van der Waals surface area (Å²) in [6.45, 7) is 6.52. The fourth-order valence-corrected chi connectivity index (χ4v) is 3.44. The third-order valence-electron chi connectivity index (χ3n) is 4.35. The molecule has 0 unspecified atom stereocenters. The number of thiazole rings is 1. The van der Waals surface area contributed by atoms with Crippen molar-refractivity contribution in [2.75, 3.05) is 5.32 Å². The second-order valence-corrected chi connectivity index (χ2v) is 7.56. The van der Waals surface area contributed by atoms with Crippen LogP contribution in [0.2, 0.25) is 0 Å². The minimum Gasteiger partial charge on any atom is -0.487 e. The fourth-order valence-electron chi connectivity index (χ4n) is 2.85. The van der Waals surface area contributed by atoms with E-state index in [9.17, 15) is 4.79 Å². The first kappa shape index (κ1) is 19.8. The maximum atomic E-state index is 12.3. The number of hydrogen-bond donors (Lipinski definition) is 1. The van der Waals surface area contributed by atoms with E-state index in [1.165, 1.54) is 0 Å². The Labute approximate surface area is 169 Å². The standard InChI is InChI=1S/C23H24N2O2S/c1-4-19-7-5-6-16(2)23(19)25-22(26)13-10-18-8-11-21(12-9-18)27-14-20-15-28-17(3)24-20/h5-13,15H,4,14H2,1-3H3,(H,25,26)/b13-10+. The molecule has 0 bridgehead atoms. The van der Waals surface area contributed by atoms with Crippen molar-refractivity contribution in [2.45, 2.75) is 33.8 Å². The van der Waals surface area contributed by atoms with Crippen molar-refractivity contribution in [1.82, 2.24) is 4.98 Å². The van der Waals surface area contributed by atoms with Crippen LogP contribution in [0.25, 0.3) is 6.08 Å². The Morgan fingerprint density at radius 3 is 2.64 bits per heavy atom. The van der Waals surface area contributed by atoms with E-state index in [4.69, 9.17) is 4.74 Å². The summed E-state index contributed by atoms with van der Waals surface area (Å²) in [6.07, 6.45) is 4.23. The Bertz CT molecular complexity index is 975. The number of ether oxygens (including phenoxy) is 1. The van der Waals surface area contributed by atoms with E-state index in [2.05, 4.69) is 17.2 Å². The lowest BCUT2D eigenvalue weighted by Gasteiger charge is -2.11. The van der Waals surface area contributed by atoms with Gasteiger partial charge in [0.15, 0.2) is 0 Å². The van der Waals surface area contributed by atoms with Gasteiger partial charge in [-0.15, -0.1) is 11.3 Å². The highest BCUT2D eigenvalue weighted by molar-refractivity contribution is 7.09. The van der Waals surface area contributed by atoms with Crippen LogP contribution in [0.4, 0.5) is 5.69 Å². The van der Waals surface area contributed by atoms with Gasteiger partial charge in [0.2, 0.25) is 5.91 Å². The van der Waals surface area contributed by atoms with Gasteiger partial charge in [0.1, 0.15) is 12.4 Å². The summed E-state index contributed by atoms with van der Waals surface area (Å²) in [5.41, 5.74) is 4.98. The average Bonchev–Trinajstić information content (AvgIpc) is 3.12. The van der Waals surface area contributed by atoms with E-state index in [1.807, 2.05) is 61.7 Å². The smallest absolute Gasteiger partial charge is 0.248 e. The van der Waals surface area contributed by atoms with Crippen LogP contribution in [0.15, 0.2) is 53.9 Å². The minimum absolute atomic E-state index is 0.136. The number of benzene rings is 2. The van der Waals surface area contributed by atoms with Gasteiger partial charge in [-0.25, -0.2) is 4.98 Å². The number of rotatable bonds is 7. The quantitative estimate of drug-likeness (QED) is 0.536. The van der Waals surface area contributed by atoms with Gasteiger partial charge in [-0.1, -0.05) is 37.3 Å². The van der Waals surface area contributed by atoms with Crippen LogP contribution in [0.5, 0.6) is 5.75 Å². The van der Waals surface area contributed by atoms with Gasteiger partial charge in [-0.3, -0.25) is 4.79 Å². The first-order valence-electron chi connectivity index (χ1n) is 9.26. The van der Waals surface area contributed by atoms with Gasteiger partial charge in [0.05, 0.1) is 10.7 Å². The molecule has 1 amide bonds. The average molecular weight is 393 g/mol. The molecule has 3 aromatic rings. The number of carbonyl (C=O) groups is 1. The highest BCUT2D eigenvalue weighted by Crippen LogP contribution is 2.21. The van der Waals surface area contributed by atoms with E-state index in [0.29, 0.717) is 6.61 Å². The largest absolute Gasteiger partial charge is 0.487 e. The van der Waals surface area contributed by atoms with Gasteiger partial charge in [0, 0.05) is 17.1 Å². The molecule has 1 aromatic heterocycles. The van der Waals surface area contributed by atoms with E-state index in [1.54, 1.807) is 23.5 Å². The number of nitrogens with one attached hydrogen (secondary N) is 1. The third-order valence-corrected chi connectivity index (χ3v) is 5.17. The van der Waals surface area contributed by atoms with Crippen LogP contribution in [0.1, 0.15) is 34.3 Å². The third kappa shape index (κ3) is 5.30. The molecule has 1 N–H and O–H groups in total. The number of carbonyl (C=O) groups excluding carboxylic acids is 1. The molecule has 3 rings (SSSR count). The SMILES string of the molecule is CCc1cccc(C)c1NC(=O)/C=C/c1ccc(OCc2csc(C)n2)cc1. The molecule has 0 aliphatic carbocycles. The number of aromatic nitrogens is 1. The highest BCUT2D eigenvalue weighted by atomic mass is 32.1. The molecule has 0 aliphatic rings. The van der Waals surface area contributed by atoms with Crippen molar-refractivity contribution in [1.29, 1.82) is 0 Å². The van der Waals surface area contributed by atoms with Crippen molar-refractivity contribution in [2.24, 2.45) is 0 Å². The van der Waals surface area contributed by atoms with E-state index in [-0.39, 0.29) is 5.91 Å². The summed E-state index contributed by atoms with van der Waals surface area (Å²) in [5.74, 6) is 0.642. The van der Waals surface area contributed by atoms with Crippen molar-refractivity contribution in [3.05, 3.63) is 81.3 Å². The monoisotopic (exact) mass is 392 g/mol. The second-order valence-electron chi connectivity index (χ2n) is 6.50. The molecule has 1 heterocycles. The van der Waals surface area contributed by atoms with Crippen LogP contribution in [-0.4, -0.2) is 10.9 Å². The summed E-state index contributed by atoms with van der Waals surface area (Å²) in [6, 6.07) is 13.7. The topological polar surface area (TPSA) is 51.2 Å². The van der Waals surface area contributed by atoms with Crippen molar-refractivity contribution in [3.63, 3.8) is 0 Å². The second kappa shape index (κ2) is 9.33. The fraction of sp³-hybridized carbons (Fsp3) is 0.217. The lowest BCUT2D eigenvalue weighted by atomic mass is 10.1. The van der Waals surface area contributed by atoms with Gasteiger partial charge in [-0.2, -0.15) is 0 Å². The molecule has 0 radical (unpaired) electrons. The Morgan fingerprint density at radius 2 is 1.96 bits per heavy atom. The van der Waals surface area contributed by atoms with Crippen LogP contribution in [-0.2, 0) is 17.8 Å². The molecule has 5 heteroatoms. The molecule has 0 fully saturated rings. The molecule has 28 heavy (non-hydrogen) atoms. The molecule has 0 spiro atoms. The lowest BCUT2D eigenvalue weighted by Crippen LogP contribution is -2.11. The lowest BCUT2D eigenvalue weighted by molar-refractivity contribution is -0.111. The van der Waals surface area contributed by atoms with Crippen molar-refractivity contribution < 1.29 is 9.53 Å². The first-order valence-corrected chi connectivity index (χ1v) is 10.1. The maximum Gasteiger partial charge on any atom is 0.248 e. The summed E-state index contributed by atoms with van der Waals surface area (Å²) < 4.78 is 5.74. The maximum absolute atomic E-state index is 12.3. The number of anilines is 1. The van der Waals surface area contributed by atoms with Gasteiger partial charge >= 0.3 is 0 Å². The Hall–Kier alpha value is -2.92. The summed E-state index contributed by atoms with van der Waals surface area (Å²) in [4.78, 5) is 16.7. The molecule has 0 aliphatic heterocycles. The molecule has 0 saturated carbocycles. The molecule has 2 aromatic carbocycles. The highest BCUT2D eigenvalue weighted by Gasteiger charge is 2.06. The Morgan fingerprint density at radius 1 is 1.18 bits per heavy atom. The summed E-state index contributed by atoms with van der Waals surface area (Å²) in [5, 5.41) is 6.04. The Kier molecular flexibility index (Phi) is 6.61. The minimum atomic E-state index is -0.136. The van der Waals surface area contributed by atoms with Crippen molar-refractivity contribution >= 4 is 29.0 Å². The van der Waals surface area contributed by atoms with Crippen LogP contribution >= 0.6 is 11.3 Å². The normalized spacial score (nSPS) is 11.0. The predicted molar refractivity (Wildman–Crippen MR) is 116 cm³/mol. The Balaban J connectivity index is 1.57. The van der Waals surface area contributed by atoms with Crippen molar-refractivity contribution in [3.8, 4) is 5.75 Å². The molecule has 144 valence electrons. The predicted octanol–water partition coefficient (Wildman–Crippen LogP) is 5.55. The number of aryl methyl sites for hydroxylation is 3. The van der Waals surface area contributed by atoms with Gasteiger partial charge in [-0.05, 0) is 55.2 Å². The number of nitrogens with zero attached hydrogens (tertiary/aromatic N) is 1. The molecular weight excluding hydrogens is 368 g/mol.